The first-order valence-corrected chi connectivity index (χ1v) is 19.1. The quantitative estimate of drug-likeness (QED) is 0.177. The molecule has 8 aromatic carbocycles. The van der Waals surface area contributed by atoms with Gasteiger partial charge in [0.25, 0.3) is 0 Å². The Balaban J connectivity index is 1.13. The lowest BCUT2D eigenvalue weighted by atomic mass is 9.97. The van der Waals surface area contributed by atoms with Gasteiger partial charge in [0.15, 0.2) is 17.5 Å². The Labute approximate surface area is 329 Å². The van der Waals surface area contributed by atoms with Gasteiger partial charge in [-0.1, -0.05) is 139 Å². The molecule has 0 radical (unpaired) electrons. The van der Waals surface area contributed by atoms with Crippen LogP contribution in [0.2, 0.25) is 0 Å². The van der Waals surface area contributed by atoms with Crippen LogP contribution in [-0.2, 0) is 0 Å². The molecule has 0 bridgehead atoms. The number of benzene rings is 8. The summed E-state index contributed by atoms with van der Waals surface area (Å²) in [6, 6.07) is 43.1. The van der Waals surface area contributed by atoms with Crippen LogP contribution < -0.4 is 0 Å². The van der Waals surface area contributed by atoms with Crippen molar-refractivity contribution in [1.82, 2.24) is 15.0 Å². The molecular formula is C49H29N3S2. The summed E-state index contributed by atoms with van der Waals surface area (Å²) in [4.78, 5) is 15.2. The third-order valence-electron chi connectivity index (χ3n) is 9.87. The molecule has 0 saturated carbocycles. The zero-order valence-corrected chi connectivity index (χ0v) is 30.0. The van der Waals surface area contributed by atoms with Gasteiger partial charge in [-0.05, 0) is 69.4 Å². The monoisotopic (exact) mass is 730 g/mol. The Bertz CT molecular complexity index is 3640. The van der Waals surface area contributed by atoms with Crippen LogP contribution in [0.25, 0.3) is 108 Å². The summed E-state index contributed by atoms with van der Waals surface area (Å²) in [5.41, 5.74) is 5.71. The molecule has 0 aliphatic carbocycles. The van der Waals surface area contributed by atoms with Gasteiger partial charge in [0.2, 0.25) is 0 Å². The van der Waals surface area contributed by atoms with E-state index in [0.29, 0.717) is 17.2 Å². The standard InChI is InChI=1S/C49H29N3S2/c1-2-11-33-28-35(27-26-30(33)10-1)32-24-22-31(23-25-32)34-12-7-13-36(29-34)47-50-48(39-16-8-20-43-45(39)37-14-3-5-18-41(37)53-43)52-49(51-47)40-17-9-21-44-46(40)38-15-4-6-19-42(38)54-44/h1-29H/i3D,5D,8D,14D,16D,18D,20D. The summed E-state index contributed by atoms with van der Waals surface area (Å²) in [6.45, 7) is 0. The van der Waals surface area contributed by atoms with Gasteiger partial charge in [0, 0.05) is 57.0 Å². The zero-order chi connectivity index (χ0) is 41.7. The number of fused-ring (bicyclic) bond motifs is 7. The van der Waals surface area contributed by atoms with Gasteiger partial charge in [0.1, 0.15) is 0 Å². The van der Waals surface area contributed by atoms with Crippen molar-refractivity contribution in [2.45, 2.75) is 0 Å². The summed E-state index contributed by atoms with van der Waals surface area (Å²) < 4.78 is 64.4. The average molecular weight is 731 g/mol. The van der Waals surface area contributed by atoms with E-state index in [4.69, 9.17) is 23.2 Å². The molecule has 252 valence electrons. The van der Waals surface area contributed by atoms with Gasteiger partial charge in [-0.3, -0.25) is 0 Å². The molecule has 0 spiro atoms. The molecule has 0 fully saturated rings. The molecule has 11 aromatic rings. The Morgan fingerprint density at radius 1 is 0.370 bits per heavy atom. The molecule has 0 amide bonds. The summed E-state index contributed by atoms with van der Waals surface area (Å²) in [7, 11) is 0. The number of aromatic nitrogens is 3. The van der Waals surface area contributed by atoms with Crippen molar-refractivity contribution in [2.75, 3.05) is 0 Å². The first-order chi connectivity index (χ1) is 29.6. The minimum Gasteiger partial charge on any atom is -0.208 e. The van der Waals surface area contributed by atoms with Crippen LogP contribution in [0.1, 0.15) is 9.60 Å². The minimum absolute atomic E-state index is 0.0669. The van der Waals surface area contributed by atoms with Crippen molar-refractivity contribution < 1.29 is 9.60 Å². The van der Waals surface area contributed by atoms with E-state index in [9.17, 15) is 1.37 Å². The molecule has 3 aromatic heterocycles. The molecule has 3 nitrogen and oxygen atoms in total. The number of nitrogens with zero attached hydrogens (tertiary/aromatic N) is 3. The number of hydrogen-bond acceptors (Lipinski definition) is 5. The van der Waals surface area contributed by atoms with E-state index in [-0.39, 0.29) is 61.8 Å². The number of rotatable bonds is 5. The van der Waals surface area contributed by atoms with E-state index in [1.54, 1.807) is 11.3 Å². The lowest BCUT2D eigenvalue weighted by Crippen LogP contribution is -2.01. The van der Waals surface area contributed by atoms with Gasteiger partial charge in [0.05, 0.1) is 9.60 Å². The number of thiophene rings is 2. The fourth-order valence-electron chi connectivity index (χ4n) is 7.29. The SMILES string of the molecule is [2H]c1c([2H])c([2H])c2c(sc3c([2H])c([2H])c([2H])c(-c4nc(-c5cccc(-c6ccc(-c7ccc8ccccc8c7)cc6)c5)nc(-c5cccc6sc7ccccc7c56)n4)c32)c1[2H]. The molecule has 3 heterocycles. The van der Waals surface area contributed by atoms with E-state index in [1.165, 1.54) is 10.8 Å². The fourth-order valence-corrected chi connectivity index (χ4v) is 9.39. The molecule has 5 heteroatoms. The van der Waals surface area contributed by atoms with Crippen LogP contribution in [0.5, 0.6) is 0 Å². The molecular weight excluding hydrogens is 695 g/mol. The first-order valence-electron chi connectivity index (χ1n) is 20.9. The maximum absolute atomic E-state index is 9.33. The predicted octanol–water partition coefficient (Wildman–Crippen LogP) is 14.1. The van der Waals surface area contributed by atoms with Crippen molar-refractivity contribution in [3.8, 4) is 56.4 Å². The van der Waals surface area contributed by atoms with Crippen LogP contribution in [-0.4, -0.2) is 15.0 Å². The van der Waals surface area contributed by atoms with Crippen molar-refractivity contribution >= 4 is 73.8 Å². The van der Waals surface area contributed by atoms with Crippen LogP contribution >= 0.6 is 22.7 Å². The lowest BCUT2D eigenvalue weighted by Gasteiger charge is -2.12. The normalized spacial score (nSPS) is 13.5. The van der Waals surface area contributed by atoms with Gasteiger partial charge < -0.3 is 0 Å². The Morgan fingerprint density at radius 3 is 1.89 bits per heavy atom. The molecule has 0 atom stereocenters. The summed E-state index contributed by atoms with van der Waals surface area (Å²) in [5, 5.41) is 4.82. The predicted molar refractivity (Wildman–Crippen MR) is 230 cm³/mol. The van der Waals surface area contributed by atoms with Crippen molar-refractivity contribution in [3.63, 3.8) is 0 Å². The molecule has 0 unspecified atom stereocenters. The average Bonchev–Trinajstić information content (AvgIpc) is 3.89. The number of hydrogen-bond donors (Lipinski definition) is 0. The Morgan fingerprint density at radius 2 is 1.00 bits per heavy atom. The van der Waals surface area contributed by atoms with Crippen LogP contribution in [0.3, 0.4) is 0 Å². The van der Waals surface area contributed by atoms with Crippen molar-refractivity contribution in [3.05, 3.63) is 176 Å². The summed E-state index contributed by atoms with van der Waals surface area (Å²) in [5.74, 6) is 0.730. The molecule has 54 heavy (non-hydrogen) atoms. The molecule has 0 aliphatic rings. The van der Waals surface area contributed by atoms with E-state index in [2.05, 4.69) is 72.8 Å². The van der Waals surface area contributed by atoms with Crippen LogP contribution in [0.15, 0.2) is 176 Å². The van der Waals surface area contributed by atoms with E-state index < -0.39 is 12.1 Å². The van der Waals surface area contributed by atoms with Crippen molar-refractivity contribution in [2.24, 2.45) is 0 Å². The maximum atomic E-state index is 9.33. The second-order valence-corrected chi connectivity index (χ2v) is 15.2. The molecule has 11 rings (SSSR count). The highest BCUT2D eigenvalue weighted by Crippen LogP contribution is 2.42. The maximum Gasteiger partial charge on any atom is 0.164 e. The Hall–Kier alpha value is -6.53. The summed E-state index contributed by atoms with van der Waals surface area (Å²) >= 11 is 2.69. The molecule has 0 saturated heterocycles. The largest absolute Gasteiger partial charge is 0.208 e. The highest BCUT2D eigenvalue weighted by molar-refractivity contribution is 7.26. The van der Waals surface area contributed by atoms with Crippen LogP contribution in [0.4, 0.5) is 0 Å². The third-order valence-corrected chi connectivity index (χ3v) is 12.0. The fraction of sp³-hybridized carbons (Fsp3) is 0. The van der Waals surface area contributed by atoms with Gasteiger partial charge >= 0.3 is 0 Å². The van der Waals surface area contributed by atoms with E-state index >= 15 is 0 Å². The van der Waals surface area contributed by atoms with Gasteiger partial charge in [-0.2, -0.15) is 0 Å². The summed E-state index contributed by atoms with van der Waals surface area (Å²) in [6.07, 6.45) is 0. The van der Waals surface area contributed by atoms with Crippen LogP contribution in [0, 0.1) is 0 Å². The van der Waals surface area contributed by atoms with Gasteiger partial charge in [-0.25, -0.2) is 15.0 Å². The smallest absolute Gasteiger partial charge is 0.164 e. The first kappa shape index (κ1) is 24.7. The van der Waals surface area contributed by atoms with Gasteiger partial charge in [-0.15, -0.1) is 22.7 Å². The van der Waals surface area contributed by atoms with Crippen molar-refractivity contribution in [1.29, 1.82) is 0 Å². The zero-order valence-electron chi connectivity index (χ0n) is 35.4. The Kier molecular flexibility index (Phi) is 5.74. The molecule has 0 N–H and O–H groups in total. The van der Waals surface area contributed by atoms with E-state index in [1.807, 2.05) is 60.7 Å². The second-order valence-electron chi connectivity index (χ2n) is 13.1. The van der Waals surface area contributed by atoms with E-state index in [0.717, 1.165) is 59.3 Å². The molecule has 0 aliphatic heterocycles. The lowest BCUT2D eigenvalue weighted by molar-refractivity contribution is 1.08. The highest BCUT2D eigenvalue weighted by Gasteiger charge is 2.19. The second kappa shape index (κ2) is 12.6. The topological polar surface area (TPSA) is 38.7 Å². The minimum atomic E-state index is -0.425. The highest BCUT2D eigenvalue weighted by atomic mass is 32.1. The third kappa shape index (κ3) is 5.20.